The molecular formula is C16H16Br2ClNO. The van der Waals surface area contributed by atoms with Gasteiger partial charge in [0.05, 0.1) is 7.11 Å². The number of benzene rings is 2. The highest BCUT2D eigenvalue weighted by molar-refractivity contribution is 9.10. The first kappa shape index (κ1) is 16.8. The van der Waals surface area contributed by atoms with E-state index in [0.717, 1.165) is 37.3 Å². The molecule has 0 aromatic heterocycles. The van der Waals surface area contributed by atoms with E-state index in [2.05, 4.69) is 43.2 Å². The van der Waals surface area contributed by atoms with Crippen molar-refractivity contribution in [1.82, 2.24) is 5.32 Å². The van der Waals surface area contributed by atoms with Gasteiger partial charge in [0, 0.05) is 20.0 Å². The standard InChI is InChI=1S/C16H16Br2ClNO/c1-20-15(13-5-3-12(18)9-14(13)19)8-10-7-11(17)4-6-16(10)21-2/h3-7,9,15,20H,8H2,1-2H3. The summed E-state index contributed by atoms with van der Waals surface area (Å²) in [5.41, 5.74) is 2.20. The molecule has 0 spiro atoms. The largest absolute Gasteiger partial charge is 0.496 e. The quantitative estimate of drug-likeness (QED) is 0.684. The molecule has 0 aliphatic rings. The summed E-state index contributed by atoms with van der Waals surface area (Å²) in [5, 5.41) is 4.08. The third-order valence-electron chi connectivity index (χ3n) is 3.35. The van der Waals surface area contributed by atoms with Crippen LogP contribution in [0.2, 0.25) is 5.02 Å². The van der Waals surface area contributed by atoms with E-state index in [0.29, 0.717) is 0 Å². The molecular weight excluding hydrogens is 417 g/mol. The zero-order chi connectivity index (χ0) is 15.4. The van der Waals surface area contributed by atoms with Gasteiger partial charge in [-0.25, -0.2) is 0 Å². The molecule has 2 rings (SSSR count). The van der Waals surface area contributed by atoms with E-state index >= 15 is 0 Å². The molecule has 2 nitrogen and oxygen atoms in total. The maximum absolute atomic E-state index is 6.36. The first-order valence-electron chi connectivity index (χ1n) is 6.49. The number of nitrogens with one attached hydrogen (secondary N) is 1. The maximum Gasteiger partial charge on any atom is 0.122 e. The fraction of sp³-hybridized carbons (Fsp3) is 0.250. The van der Waals surface area contributed by atoms with Crippen molar-refractivity contribution < 1.29 is 4.74 Å². The summed E-state index contributed by atoms with van der Waals surface area (Å²) < 4.78 is 7.46. The van der Waals surface area contributed by atoms with Crippen molar-refractivity contribution in [2.24, 2.45) is 0 Å². The van der Waals surface area contributed by atoms with Gasteiger partial charge in [-0.15, -0.1) is 0 Å². The third kappa shape index (κ3) is 4.22. The number of hydrogen-bond acceptors (Lipinski definition) is 2. The average Bonchev–Trinajstić information content (AvgIpc) is 2.45. The van der Waals surface area contributed by atoms with Crippen LogP contribution in [0, 0.1) is 0 Å². The molecule has 0 radical (unpaired) electrons. The van der Waals surface area contributed by atoms with Crippen LogP contribution >= 0.6 is 43.5 Å². The van der Waals surface area contributed by atoms with Crippen molar-refractivity contribution in [3.8, 4) is 5.75 Å². The molecule has 112 valence electrons. The predicted molar refractivity (Wildman–Crippen MR) is 95.4 cm³/mol. The van der Waals surface area contributed by atoms with Gasteiger partial charge >= 0.3 is 0 Å². The summed E-state index contributed by atoms with van der Waals surface area (Å²) in [4.78, 5) is 0. The molecule has 5 heteroatoms. The van der Waals surface area contributed by atoms with Crippen LogP contribution < -0.4 is 10.1 Å². The highest BCUT2D eigenvalue weighted by Crippen LogP contribution is 2.31. The molecule has 0 fully saturated rings. The smallest absolute Gasteiger partial charge is 0.122 e. The van der Waals surface area contributed by atoms with Crippen molar-refractivity contribution in [2.45, 2.75) is 12.5 Å². The Morgan fingerprint density at radius 1 is 1.14 bits per heavy atom. The SMILES string of the molecule is CNC(Cc1cc(Br)ccc1OC)c1ccc(Br)cc1Cl. The molecule has 0 heterocycles. The van der Waals surface area contributed by atoms with Gasteiger partial charge in [-0.3, -0.25) is 0 Å². The van der Waals surface area contributed by atoms with E-state index in [1.54, 1.807) is 7.11 Å². The Balaban J connectivity index is 2.33. The van der Waals surface area contributed by atoms with Crippen molar-refractivity contribution in [2.75, 3.05) is 14.2 Å². The second kappa shape index (κ2) is 7.63. The van der Waals surface area contributed by atoms with Gasteiger partial charge in [-0.05, 0) is 54.9 Å². The van der Waals surface area contributed by atoms with Crippen LogP contribution in [-0.2, 0) is 6.42 Å². The fourth-order valence-corrected chi connectivity index (χ4v) is 3.49. The number of ether oxygens (including phenoxy) is 1. The van der Waals surface area contributed by atoms with Gasteiger partial charge in [0.1, 0.15) is 5.75 Å². The van der Waals surface area contributed by atoms with Crippen molar-refractivity contribution in [3.63, 3.8) is 0 Å². The van der Waals surface area contributed by atoms with Gasteiger partial charge in [0.25, 0.3) is 0 Å². The summed E-state index contributed by atoms with van der Waals surface area (Å²) in [7, 11) is 3.63. The lowest BCUT2D eigenvalue weighted by Gasteiger charge is -2.20. The molecule has 1 N–H and O–H groups in total. The van der Waals surface area contributed by atoms with Crippen LogP contribution in [-0.4, -0.2) is 14.2 Å². The van der Waals surface area contributed by atoms with Crippen LogP contribution in [0.4, 0.5) is 0 Å². The Bertz CT molecular complexity index is 634. The summed E-state index contributed by atoms with van der Waals surface area (Å²) in [5.74, 6) is 0.881. The molecule has 0 saturated carbocycles. The van der Waals surface area contributed by atoms with E-state index in [-0.39, 0.29) is 6.04 Å². The minimum absolute atomic E-state index is 0.119. The lowest BCUT2D eigenvalue weighted by molar-refractivity contribution is 0.406. The van der Waals surface area contributed by atoms with Gasteiger partial charge in [-0.2, -0.15) is 0 Å². The molecule has 0 aliphatic heterocycles. The minimum atomic E-state index is 0.119. The van der Waals surface area contributed by atoms with Gasteiger partial charge in [0.15, 0.2) is 0 Å². The first-order chi connectivity index (χ1) is 10.0. The Morgan fingerprint density at radius 3 is 2.43 bits per heavy atom. The molecule has 21 heavy (non-hydrogen) atoms. The Labute approximate surface area is 147 Å². The molecule has 0 bridgehead atoms. The lowest BCUT2D eigenvalue weighted by atomic mass is 9.98. The number of hydrogen-bond donors (Lipinski definition) is 1. The minimum Gasteiger partial charge on any atom is -0.496 e. The summed E-state index contributed by atoms with van der Waals surface area (Å²) >= 11 is 13.3. The number of halogens is 3. The van der Waals surface area contributed by atoms with Crippen LogP contribution in [0.5, 0.6) is 5.75 Å². The summed E-state index contributed by atoms with van der Waals surface area (Å²) in [6.07, 6.45) is 0.792. The van der Waals surface area contributed by atoms with E-state index in [1.807, 2.05) is 37.4 Å². The van der Waals surface area contributed by atoms with Crippen molar-refractivity contribution in [1.29, 1.82) is 0 Å². The van der Waals surface area contributed by atoms with Crippen molar-refractivity contribution in [3.05, 3.63) is 61.5 Å². The maximum atomic E-state index is 6.36. The number of rotatable bonds is 5. The van der Waals surface area contributed by atoms with Gasteiger partial charge < -0.3 is 10.1 Å². The van der Waals surface area contributed by atoms with Gasteiger partial charge in [-0.1, -0.05) is 49.5 Å². The highest BCUT2D eigenvalue weighted by atomic mass is 79.9. The highest BCUT2D eigenvalue weighted by Gasteiger charge is 2.16. The van der Waals surface area contributed by atoms with Crippen LogP contribution in [0.25, 0.3) is 0 Å². The topological polar surface area (TPSA) is 21.3 Å². The molecule has 0 saturated heterocycles. The monoisotopic (exact) mass is 431 g/mol. The molecule has 0 aliphatic carbocycles. The molecule has 0 amide bonds. The zero-order valence-electron chi connectivity index (χ0n) is 11.8. The fourth-order valence-electron chi connectivity index (χ4n) is 2.28. The van der Waals surface area contributed by atoms with Crippen molar-refractivity contribution >= 4 is 43.5 Å². The lowest BCUT2D eigenvalue weighted by Crippen LogP contribution is -2.19. The Kier molecular flexibility index (Phi) is 6.11. The Hall–Kier alpha value is -0.550. The van der Waals surface area contributed by atoms with Gasteiger partial charge in [0.2, 0.25) is 0 Å². The molecule has 2 aromatic carbocycles. The molecule has 1 atom stereocenters. The Morgan fingerprint density at radius 2 is 1.81 bits per heavy atom. The second-order valence-electron chi connectivity index (χ2n) is 4.67. The predicted octanol–water partition coefficient (Wildman–Crippen LogP) is 5.38. The second-order valence-corrected chi connectivity index (χ2v) is 6.91. The average molecular weight is 434 g/mol. The van der Waals surface area contributed by atoms with Crippen LogP contribution in [0.3, 0.4) is 0 Å². The normalized spacial score (nSPS) is 12.2. The number of likely N-dealkylation sites (N-methyl/N-ethyl adjacent to an activating group) is 1. The van der Waals surface area contributed by atoms with E-state index in [9.17, 15) is 0 Å². The zero-order valence-corrected chi connectivity index (χ0v) is 15.7. The van der Waals surface area contributed by atoms with E-state index < -0.39 is 0 Å². The third-order valence-corrected chi connectivity index (χ3v) is 4.67. The van der Waals surface area contributed by atoms with E-state index in [4.69, 9.17) is 16.3 Å². The first-order valence-corrected chi connectivity index (χ1v) is 8.46. The van der Waals surface area contributed by atoms with Crippen LogP contribution in [0.15, 0.2) is 45.3 Å². The number of methoxy groups -OCH3 is 1. The molecule has 1 unspecified atom stereocenters. The summed E-state index contributed by atoms with van der Waals surface area (Å²) in [6.45, 7) is 0. The van der Waals surface area contributed by atoms with E-state index in [1.165, 1.54) is 0 Å². The summed E-state index contributed by atoms with van der Waals surface area (Å²) in [6, 6.07) is 12.1. The molecule has 2 aromatic rings. The van der Waals surface area contributed by atoms with Crippen LogP contribution in [0.1, 0.15) is 17.2 Å².